The highest BCUT2D eigenvalue weighted by Crippen LogP contribution is 2.25. The molecule has 0 heterocycles. The molecule has 0 radical (unpaired) electrons. The van der Waals surface area contributed by atoms with Crippen LogP contribution in [0.25, 0.3) is 0 Å². The van der Waals surface area contributed by atoms with Gasteiger partial charge in [0, 0.05) is 17.6 Å². The Balaban J connectivity index is 2.00. The van der Waals surface area contributed by atoms with Crippen LogP contribution in [-0.2, 0) is 9.84 Å². The third kappa shape index (κ3) is 4.46. The smallest absolute Gasteiger partial charge is 0.181 e. The van der Waals surface area contributed by atoms with Crippen LogP contribution in [-0.4, -0.2) is 20.7 Å². The molecule has 2 aromatic carbocycles. The molecule has 1 atom stereocenters. The van der Waals surface area contributed by atoms with E-state index < -0.39 is 9.84 Å². The summed E-state index contributed by atoms with van der Waals surface area (Å²) < 4.78 is 24.7. The van der Waals surface area contributed by atoms with E-state index in [2.05, 4.69) is 5.32 Å². The molecule has 1 N–H and O–H groups in total. The summed E-state index contributed by atoms with van der Waals surface area (Å²) >= 11 is 11.8. The number of hydrogen-bond acceptors (Lipinski definition) is 3. The van der Waals surface area contributed by atoms with Crippen molar-refractivity contribution >= 4 is 33.0 Å². The van der Waals surface area contributed by atoms with Crippen molar-refractivity contribution in [3.05, 3.63) is 64.1 Å². The van der Waals surface area contributed by atoms with Crippen molar-refractivity contribution in [1.82, 2.24) is 5.32 Å². The van der Waals surface area contributed by atoms with Gasteiger partial charge < -0.3 is 5.32 Å². The lowest BCUT2D eigenvalue weighted by Gasteiger charge is -2.14. The molecule has 0 saturated carbocycles. The highest BCUT2D eigenvalue weighted by Gasteiger charge is 2.18. The number of nitrogens with one attached hydrogen (secondary N) is 1. The maximum atomic E-state index is 12.3. The van der Waals surface area contributed by atoms with Crippen LogP contribution in [0.3, 0.4) is 0 Å². The Morgan fingerprint density at radius 1 is 1.09 bits per heavy atom. The third-order valence-electron chi connectivity index (χ3n) is 3.35. The second kappa shape index (κ2) is 7.47. The van der Waals surface area contributed by atoms with Gasteiger partial charge in [-0.2, -0.15) is 0 Å². The first kappa shape index (κ1) is 17.3. The van der Waals surface area contributed by atoms with Gasteiger partial charge in [0.15, 0.2) is 9.84 Å². The molecule has 0 aliphatic heterocycles. The van der Waals surface area contributed by atoms with Crippen LogP contribution in [0.4, 0.5) is 0 Å². The Bertz CT molecular complexity index is 733. The van der Waals surface area contributed by atoms with Crippen LogP contribution in [0, 0.1) is 0 Å². The molecule has 22 heavy (non-hydrogen) atoms. The lowest BCUT2D eigenvalue weighted by atomic mass is 10.1. The van der Waals surface area contributed by atoms with Crippen molar-refractivity contribution in [1.29, 1.82) is 0 Å². The van der Waals surface area contributed by atoms with Gasteiger partial charge in [-0.1, -0.05) is 53.5 Å². The van der Waals surface area contributed by atoms with Gasteiger partial charge in [-0.05, 0) is 30.7 Å². The molecule has 0 amide bonds. The van der Waals surface area contributed by atoms with Crippen molar-refractivity contribution < 1.29 is 8.42 Å². The molecule has 0 spiro atoms. The van der Waals surface area contributed by atoms with Gasteiger partial charge in [0.05, 0.1) is 15.7 Å². The quantitative estimate of drug-likeness (QED) is 0.845. The molecule has 0 fully saturated rings. The van der Waals surface area contributed by atoms with Crippen molar-refractivity contribution in [2.24, 2.45) is 0 Å². The second-order valence-corrected chi connectivity index (χ2v) is 7.90. The van der Waals surface area contributed by atoms with Crippen LogP contribution in [0.2, 0.25) is 10.0 Å². The minimum Gasteiger partial charge on any atom is -0.309 e. The van der Waals surface area contributed by atoms with Crippen LogP contribution in [0.15, 0.2) is 53.4 Å². The van der Waals surface area contributed by atoms with E-state index in [0.29, 0.717) is 11.6 Å². The largest absolute Gasteiger partial charge is 0.309 e. The fourth-order valence-electron chi connectivity index (χ4n) is 2.09. The summed E-state index contributed by atoms with van der Waals surface area (Å²) in [6, 6.07) is 14.4. The predicted molar refractivity (Wildman–Crippen MR) is 91.4 cm³/mol. The lowest BCUT2D eigenvalue weighted by molar-refractivity contribution is 0.572. The van der Waals surface area contributed by atoms with Crippen molar-refractivity contribution in [3.63, 3.8) is 0 Å². The van der Waals surface area contributed by atoms with E-state index in [-0.39, 0.29) is 21.7 Å². The molecule has 0 aromatic heterocycles. The highest BCUT2D eigenvalue weighted by atomic mass is 35.5. The molecule has 6 heteroatoms. The Morgan fingerprint density at radius 3 is 2.45 bits per heavy atom. The van der Waals surface area contributed by atoms with Crippen molar-refractivity contribution in [2.75, 3.05) is 12.3 Å². The number of benzene rings is 2. The van der Waals surface area contributed by atoms with Crippen LogP contribution >= 0.6 is 23.2 Å². The van der Waals surface area contributed by atoms with Gasteiger partial charge in [-0.3, -0.25) is 0 Å². The summed E-state index contributed by atoms with van der Waals surface area (Å²) in [5, 5.41) is 3.75. The van der Waals surface area contributed by atoms with Gasteiger partial charge in [-0.15, -0.1) is 0 Å². The van der Waals surface area contributed by atoms with Crippen LogP contribution in [0.1, 0.15) is 18.5 Å². The summed E-state index contributed by atoms with van der Waals surface area (Å²) in [6.45, 7) is 2.33. The molecule has 0 aliphatic rings. The summed E-state index contributed by atoms with van der Waals surface area (Å²) in [4.78, 5) is 0.0795. The Hall–Kier alpha value is -1.07. The third-order valence-corrected chi connectivity index (χ3v) is 5.78. The number of halogens is 2. The summed E-state index contributed by atoms with van der Waals surface area (Å²) in [6.07, 6.45) is 0. The number of sulfone groups is 1. The average molecular weight is 358 g/mol. The van der Waals surface area contributed by atoms with E-state index in [4.69, 9.17) is 23.2 Å². The van der Waals surface area contributed by atoms with Gasteiger partial charge >= 0.3 is 0 Å². The number of rotatable bonds is 6. The highest BCUT2D eigenvalue weighted by molar-refractivity contribution is 7.91. The maximum absolute atomic E-state index is 12.3. The van der Waals surface area contributed by atoms with Crippen LogP contribution < -0.4 is 5.32 Å². The molecule has 0 saturated heterocycles. The molecule has 2 aromatic rings. The molecule has 0 unspecified atom stereocenters. The SMILES string of the molecule is C[C@@H](NCCS(=O)(=O)c1cc(Cl)ccc1Cl)c1ccccc1. The Morgan fingerprint density at radius 2 is 1.77 bits per heavy atom. The Kier molecular flexibility index (Phi) is 5.87. The zero-order valence-electron chi connectivity index (χ0n) is 12.1. The van der Waals surface area contributed by atoms with Crippen molar-refractivity contribution in [3.8, 4) is 0 Å². The van der Waals surface area contributed by atoms with Gasteiger partial charge in [0.25, 0.3) is 0 Å². The van der Waals surface area contributed by atoms with Gasteiger partial charge in [0.2, 0.25) is 0 Å². The minimum absolute atomic E-state index is 0.0375. The monoisotopic (exact) mass is 357 g/mol. The van der Waals surface area contributed by atoms with Crippen molar-refractivity contribution in [2.45, 2.75) is 17.9 Å². The predicted octanol–water partition coefficient (Wildman–Crippen LogP) is 4.12. The Labute approximate surface area is 141 Å². The molecule has 3 nitrogen and oxygen atoms in total. The standard InChI is InChI=1S/C16H17Cl2NO2S/c1-12(13-5-3-2-4-6-13)19-9-10-22(20,21)16-11-14(17)7-8-15(16)18/h2-8,11-12,19H,9-10H2,1H3/t12-/m1/s1. The van der Waals surface area contributed by atoms with Gasteiger partial charge in [0.1, 0.15) is 0 Å². The zero-order chi connectivity index (χ0) is 16.2. The minimum atomic E-state index is -3.47. The summed E-state index contributed by atoms with van der Waals surface area (Å²) in [7, 11) is -3.47. The number of hydrogen-bond donors (Lipinski definition) is 1. The molecule has 2 rings (SSSR count). The van der Waals surface area contributed by atoms with E-state index in [9.17, 15) is 8.42 Å². The molecular formula is C16H17Cl2NO2S. The second-order valence-electron chi connectivity index (χ2n) is 4.98. The maximum Gasteiger partial charge on any atom is 0.181 e. The van der Waals surface area contributed by atoms with E-state index in [0.717, 1.165) is 5.56 Å². The molecule has 0 bridgehead atoms. The first-order chi connectivity index (χ1) is 10.4. The van der Waals surface area contributed by atoms with E-state index in [1.165, 1.54) is 12.1 Å². The molecular weight excluding hydrogens is 341 g/mol. The first-order valence-corrected chi connectivity index (χ1v) is 9.27. The fraction of sp³-hybridized carbons (Fsp3) is 0.250. The summed E-state index contributed by atoms with van der Waals surface area (Å²) in [5.74, 6) is -0.0375. The van der Waals surface area contributed by atoms with E-state index in [1.807, 2.05) is 37.3 Å². The topological polar surface area (TPSA) is 46.2 Å². The summed E-state index contributed by atoms with van der Waals surface area (Å²) in [5.41, 5.74) is 1.11. The molecule has 118 valence electrons. The van der Waals surface area contributed by atoms with E-state index in [1.54, 1.807) is 6.07 Å². The average Bonchev–Trinajstić information content (AvgIpc) is 2.50. The van der Waals surface area contributed by atoms with E-state index >= 15 is 0 Å². The lowest BCUT2D eigenvalue weighted by Crippen LogP contribution is -2.25. The van der Waals surface area contributed by atoms with Gasteiger partial charge in [-0.25, -0.2) is 8.42 Å². The normalized spacial score (nSPS) is 13.0. The molecule has 0 aliphatic carbocycles. The first-order valence-electron chi connectivity index (χ1n) is 6.86. The van der Waals surface area contributed by atoms with Crippen LogP contribution in [0.5, 0.6) is 0 Å². The zero-order valence-corrected chi connectivity index (χ0v) is 14.4. The fourth-order valence-corrected chi connectivity index (χ4v) is 4.08.